The predicted molar refractivity (Wildman–Crippen MR) is 72.8 cm³/mol. The van der Waals surface area contributed by atoms with Crippen LogP contribution in [-0.2, 0) is 14.3 Å². The molecule has 20 heavy (non-hydrogen) atoms. The molecule has 0 aromatic heterocycles. The minimum absolute atomic E-state index is 0.216. The fraction of sp³-hybridized carbons (Fsp3) is 0.154. The van der Waals surface area contributed by atoms with E-state index < -0.39 is 17.8 Å². The highest BCUT2D eigenvalue weighted by Gasteiger charge is 2.09. The van der Waals surface area contributed by atoms with Crippen LogP contribution in [0.5, 0.6) is 0 Å². The largest absolute Gasteiger partial charge is 0.463 e. The van der Waals surface area contributed by atoms with Crippen LogP contribution in [0.2, 0.25) is 5.02 Å². The summed E-state index contributed by atoms with van der Waals surface area (Å²) in [6, 6.07) is 6.39. The Morgan fingerprint density at radius 2 is 1.90 bits per heavy atom. The zero-order chi connectivity index (χ0) is 15.0. The van der Waals surface area contributed by atoms with E-state index in [-0.39, 0.29) is 17.2 Å². The lowest BCUT2D eigenvalue weighted by molar-refractivity contribution is -0.137. The van der Waals surface area contributed by atoms with E-state index >= 15 is 0 Å². The third-order valence-corrected chi connectivity index (χ3v) is 2.40. The van der Waals surface area contributed by atoms with Gasteiger partial charge in [-0.25, -0.2) is 4.79 Å². The van der Waals surface area contributed by atoms with E-state index in [1.807, 2.05) is 0 Å². The maximum Gasteiger partial charge on any atom is 0.330 e. The van der Waals surface area contributed by atoms with Crippen LogP contribution in [0.1, 0.15) is 17.3 Å². The molecule has 1 aromatic carbocycles. The first-order valence-corrected chi connectivity index (χ1v) is 6.12. The van der Waals surface area contributed by atoms with Crippen molar-refractivity contribution in [1.82, 2.24) is 10.9 Å². The third kappa shape index (κ3) is 5.11. The van der Waals surface area contributed by atoms with Crippen molar-refractivity contribution >= 4 is 29.4 Å². The number of hydrogen-bond donors (Lipinski definition) is 2. The maximum atomic E-state index is 11.7. The van der Waals surface area contributed by atoms with Crippen LogP contribution in [0.4, 0.5) is 0 Å². The molecule has 0 aliphatic rings. The number of carbonyl (C=O) groups is 3. The summed E-state index contributed by atoms with van der Waals surface area (Å²) in [5, 5.41) is 0.265. The average Bonchev–Trinajstić information content (AvgIpc) is 2.43. The molecule has 0 saturated heterocycles. The van der Waals surface area contributed by atoms with E-state index in [0.29, 0.717) is 0 Å². The Morgan fingerprint density at radius 1 is 1.20 bits per heavy atom. The SMILES string of the molecule is CCOC(=O)C=CC(=O)NNC(=O)c1ccccc1Cl. The van der Waals surface area contributed by atoms with Gasteiger partial charge in [-0.3, -0.25) is 20.4 Å². The summed E-state index contributed by atoms with van der Waals surface area (Å²) in [4.78, 5) is 34.0. The molecule has 0 fully saturated rings. The fourth-order valence-corrected chi connectivity index (χ4v) is 1.43. The molecule has 0 saturated carbocycles. The Hall–Kier alpha value is -2.34. The molecule has 0 bridgehead atoms. The zero-order valence-electron chi connectivity index (χ0n) is 10.7. The minimum atomic E-state index is -0.668. The summed E-state index contributed by atoms with van der Waals surface area (Å²) in [5.41, 5.74) is 4.51. The number of rotatable bonds is 4. The zero-order valence-corrected chi connectivity index (χ0v) is 11.4. The summed E-state index contributed by atoms with van der Waals surface area (Å²) in [5.74, 6) is -1.87. The smallest absolute Gasteiger partial charge is 0.330 e. The predicted octanol–water partition coefficient (Wildman–Crippen LogP) is 1.22. The van der Waals surface area contributed by atoms with Crippen molar-refractivity contribution in [3.8, 4) is 0 Å². The lowest BCUT2D eigenvalue weighted by Gasteiger charge is -2.06. The Kier molecular flexibility index (Phi) is 6.25. The number of nitrogens with one attached hydrogen (secondary N) is 2. The van der Waals surface area contributed by atoms with Gasteiger partial charge in [0.2, 0.25) is 0 Å². The van der Waals surface area contributed by atoms with Crippen LogP contribution in [-0.4, -0.2) is 24.4 Å². The number of ether oxygens (including phenoxy) is 1. The van der Waals surface area contributed by atoms with E-state index in [0.717, 1.165) is 12.2 Å². The number of benzene rings is 1. The molecule has 106 valence electrons. The molecule has 0 heterocycles. The molecular formula is C13H13ClN2O4. The van der Waals surface area contributed by atoms with Gasteiger partial charge >= 0.3 is 5.97 Å². The molecule has 0 radical (unpaired) electrons. The second-order valence-electron chi connectivity index (χ2n) is 3.51. The van der Waals surface area contributed by atoms with Crippen molar-refractivity contribution in [3.05, 3.63) is 47.0 Å². The van der Waals surface area contributed by atoms with Gasteiger partial charge in [0.1, 0.15) is 0 Å². The van der Waals surface area contributed by atoms with Gasteiger partial charge in [0.15, 0.2) is 0 Å². The van der Waals surface area contributed by atoms with Crippen molar-refractivity contribution in [2.75, 3.05) is 6.61 Å². The molecule has 1 rings (SSSR count). The molecule has 6 nitrogen and oxygen atoms in total. The number of esters is 1. The van der Waals surface area contributed by atoms with Crippen LogP contribution < -0.4 is 10.9 Å². The lowest BCUT2D eigenvalue weighted by Crippen LogP contribution is -2.40. The average molecular weight is 297 g/mol. The second kappa shape index (κ2) is 7.96. The first-order chi connectivity index (χ1) is 9.54. The topological polar surface area (TPSA) is 84.5 Å². The van der Waals surface area contributed by atoms with E-state index in [1.54, 1.807) is 25.1 Å². The third-order valence-electron chi connectivity index (χ3n) is 2.08. The summed E-state index contributed by atoms with van der Waals surface area (Å²) in [7, 11) is 0. The van der Waals surface area contributed by atoms with E-state index in [9.17, 15) is 14.4 Å². The van der Waals surface area contributed by atoms with Crippen molar-refractivity contribution in [3.63, 3.8) is 0 Å². The van der Waals surface area contributed by atoms with Crippen LogP contribution >= 0.6 is 11.6 Å². The van der Waals surface area contributed by atoms with E-state index in [2.05, 4.69) is 15.6 Å². The van der Waals surface area contributed by atoms with Crippen molar-refractivity contribution in [2.45, 2.75) is 6.92 Å². The quantitative estimate of drug-likeness (QED) is 0.497. The standard InChI is InChI=1S/C13H13ClN2O4/c1-2-20-12(18)8-7-11(17)15-16-13(19)9-5-3-4-6-10(9)14/h3-8H,2H2,1H3,(H,15,17)(H,16,19). The first-order valence-electron chi connectivity index (χ1n) is 5.74. The van der Waals surface area contributed by atoms with Crippen LogP contribution in [0.3, 0.4) is 0 Å². The second-order valence-corrected chi connectivity index (χ2v) is 3.92. The molecule has 0 spiro atoms. The minimum Gasteiger partial charge on any atom is -0.463 e. The molecule has 2 amide bonds. The number of amides is 2. The number of hydrogen-bond acceptors (Lipinski definition) is 4. The lowest BCUT2D eigenvalue weighted by atomic mass is 10.2. The maximum absolute atomic E-state index is 11.7. The van der Waals surface area contributed by atoms with Crippen molar-refractivity contribution in [2.24, 2.45) is 0 Å². The van der Waals surface area contributed by atoms with Gasteiger partial charge in [0.05, 0.1) is 17.2 Å². The number of hydrazine groups is 1. The van der Waals surface area contributed by atoms with Crippen molar-refractivity contribution < 1.29 is 19.1 Å². The van der Waals surface area contributed by atoms with Gasteiger partial charge in [-0.2, -0.15) is 0 Å². The highest BCUT2D eigenvalue weighted by Crippen LogP contribution is 2.13. The molecule has 1 aromatic rings. The van der Waals surface area contributed by atoms with Gasteiger partial charge in [-0.15, -0.1) is 0 Å². The molecule has 0 aliphatic carbocycles. The highest BCUT2D eigenvalue weighted by molar-refractivity contribution is 6.33. The fourth-order valence-electron chi connectivity index (χ4n) is 1.21. The van der Waals surface area contributed by atoms with Crippen LogP contribution in [0.15, 0.2) is 36.4 Å². The first kappa shape index (κ1) is 15.7. The Morgan fingerprint density at radius 3 is 2.55 bits per heavy atom. The Balaban J connectivity index is 2.47. The Labute approximate surface area is 120 Å². The summed E-state index contributed by atoms with van der Waals surface area (Å²) >= 11 is 5.82. The number of halogens is 1. The summed E-state index contributed by atoms with van der Waals surface area (Å²) in [6.45, 7) is 1.86. The van der Waals surface area contributed by atoms with Crippen molar-refractivity contribution in [1.29, 1.82) is 0 Å². The van der Waals surface area contributed by atoms with Gasteiger partial charge in [-0.1, -0.05) is 23.7 Å². The molecule has 0 aliphatic heterocycles. The van der Waals surface area contributed by atoms with Gasteiger partial charge in [0, 0.05) is 12.2 Å². The number of carbonyl (C=O) groups excluding carboxylic acids is 3. The van der Waals surface area contributed by atoms with Gasteiger partial charge in [0.25, 0.3) is 11.8 Å². The normalized spacial score (nSPS) is 10.1. The summed E-state index contributed by atoms with van der Waals surface area (Å²) < 4.78 is 4.59. The molecular weight excluding hydrogens is 284 g/mol. The molecule has 0 unspecified atom stereocenters. The van der Waals surface area contributed by atoms with E-state index in [4.69, 9.17) is 11.6 Å². The Bertz CT molecular complexity index is 543. The molecule has 7 heteroatoms. The molecule has 0 atom stereocenters. The van der Waals surface area contributed by atoms with E-state index in [1.165, 1.54) is 6.07 Å². The highest BCUT2D eigenvalue weighted by atomic mass is 35.5. The monoisotopic (exact) mass is 296 g/mol. The van der Waals surface area contributed by atoms with Crippen LogP contribution in [0, 0.1) is 0 Å². The van der Waals surface area contributed by atoms with Crippen LogP contribution in [0.25, 0.3) is 0 Å². The van der Waals surface area contributed by atoms with Gasteiger partial charge < -0.3 is 4.74 Å². The summed E-state index contributed by atoms with van der Waals surface area (Å²) in [6.07, 6.45) is 1.91. The van der Waals surface area contributed by atoms with Gasteiger partial charge in [-0.05, 0) is 19.1 Å². The molecule has 2 N–H and O–H groups in total.